The van der Waals surface area contributed by atoms with Crippen molar-refractivity contribution in [2.24, 2.45) is 0 Å². The Morgan fingerprint density at radius 2 is 2.06 bits per heavy atom. The smallest absolute Gasteiger partial charge is 0.326 e. The summed E-state index contributed by atoms with van der Waals surface area (Å²) in [4.78, 5) is 11.4. The molecule has 0 bridgehead atoms. The number of nitrogens with zero attached hydrogens (tertiary/aromatic N) is 1. The maximum absolute atomic E-state index is 11.4. The third-order valence-electron chi connectivity index (χ3n) is 2.10. The molecule has 100 valence electrons. The van der Waals surface area contributed by atoms with Crippen LogP contribution in [-0.4, -0.2) is 39.3 Å². The van der Waals surface area contributed by atoms with Crippen LogP contribution in [0, 0.1) is 6.92 Å². The van der Waals surface area contributed by atoms with Crippen molar-refractivity contribution in [1.82, 2.24) is 9.03 Å². The van der Waals surface area contributed by atoms with E-state index in [2.05, 4.69) is 4.72 Å². The molecule has 0 unspecified atom stereocenters. The summed E-state index contributed by atoms with van der Waals surface area (Å²) in [6.45, 7) is 1.46. The number of benzene rings is 1. The Kier molecular flexibility index (Phi) is 4.83. The van der Waals surface area contributed by atoms with Crippen LogP contribution in [0.4, 0.5) is 0 Å². The van der Waals surface area contributed by atoms with E-state index in [4.69, 9.17) is 4.74 Å². The SMILES string of the molecule is Cc1cccc(OC(=O)CNS(=O)(=O)N(C)C)c1. The molecule has 7 heteroatoms. The number of hydrogen-bond acceptors (Lipinski definition) is 4. The van der Waals surface area contributed by atoms with Gasteiger partial charge in [0.05, 0.1) is 0 Å². The highest BCUT2D eigenvalue weighted by Crippen LogP contribution is 2.12. The fourth-order valence-electron chi connectivity index (χ4n) is 1.13. The normalized spacial score (nSPS) is 11.6. The van der Waals surface area contributed by atoms with E-state index < -0.39 is 22.7 Å². The first-order chi connectivity index (χ1) is 8.31. The fourth-order valence-corrected chi connectivity index (χ4v) is 1.68. The van der Waals surface area contributed by atoms with Gasteiger partial charge in [-0.15, -0.1) is 0 Å². The largest absolute Gasteiger partial charge is 0.426 e. The minimum absolute atomic E-state index is 0.393. The predicted molar refractivity (Wildman–Crippen MR) is 67.4 cm³/mol. The molecule has 0 aliphatic rings. The number of nitrogens with one attached hydrogen (secondary N) is 1. The van der Waals surface area contributed by atoms with Gasteiger partial charge in [-0.25, -0.2) is 0 Å². The van der Waals surface area contributed by atoms with Gasteiger partial charge in [0.15, 0.2) is 0 Å². The molecule has 0 saturated heterocycles. The number of carbonyl (C=O) groups excluding carboxylic acids is 1. The summed E-state index contributed by atoms with van der Waals surface area (Å²) >= 11 is 0. The van der Waals surface area contributed by atoms with E-state index in [1.807, 2.05) is 13.0 Å². The van der Waals surface area contributed by atoms with Gasteiger partial charge >= 0.3 is 5.97 Å². The highest BCUT2D eigenvalue weighted by molar-refractivity contribution is 7.87. The molecule has 0 saturated carbocycles. The van der Waals surface area contributed by atoms with Gasteiger partial charge in [-0.3, -0.25) is 4.79 Å². The minimum Gasteiger partial charge on any atom is -0.426 e. The average molecular weight is 272 g/mol. The molecule has 1 aromatic carbocycles. The molecule has 0 radical (unpaired) electrons. The lowest BCUT2D eigenvalue weighted by Gasteiger charge is -2.11. The Morgan fingerprint density at radius 3 is 2.61 bits per heavy atom. The first-order valence-electron chi connectivity index (χ1n) is 5.26. The Bertz CT molecular complexity index is 526. The molecule has 0 amide bonds. The second kappa shape index (κ2) is 5.94. The van der Waals surface area contributed by atoms with Gasteiger partial charge in [0.1, 0.15) is 12.3 Å². The molecule has 1 rings (SSSR count). The molecule has 0 aliphatic carbocycles. The number of ether oxygens (including phenoxy) is 1. The molecule has 1 aromatic rings. The number of aryl methyl sites for hydroxylation is 1. The number of hydrogen-bond donors (Lipinski definition) is 1. The van der Waals surface area contributed by atoms with Gasteiger partial charge in [0.2, 0.25) is 0 Å². The second-order valence-electron chi connectivity index (χ2n) is 3.90. The van der Waals surface area contributed by atoms with Gasteiger partial charge in [-0.05, 0) is 24.6 Å². The van der Waals surface area contributed by atoms with Crippen molar-refractivity contribution < 1.29 is 17.9 Å². The highest BCUT2D eigenvalue weighted by atomic mass is 32.2. The quantitative estimate of drug-likeness (QED) is 0.618. The van der Waals surface area contributed by atoms with Crippen molar-refractivity contribution in [3.05, 3.63) is 29.8 Å². The lowest BCUT2D eigenvalue weighted by atomic mass is 10.2. The summed E-state index contributed by atoms with van der Waals surface area (Å²) in [5.41, 5.74) is 0.953. The van der Waals surface area contributed by atoms with E-state index in [1.165, 1.54) is 14.1 Å². The zero-order valence-corrected chi connectivity index (χ0v) is 11.3. The molecule has 0 fully saturated rings. The summed E-state index contributed by atoms with van der Waals surface area (Å²) < 4.78 is 30.8. The monoisotopic (exact) mass is 272 g/mol. The van der Waals surface area contributed by atoms with E-state index in [0.29, 0.717) is 5.75 Å². The Labute approximate surface area is 107 Å². The Balaban J connectivity index is 2.53. The molecule has 0 aromatic heterocycles. The standard InChI is InChI=1S/C11H16N2O4S/c1-9-5-4-6-10(7-9)17-11(14)8-12-18(15,16)13(2)3/h4-7,12H,8H2,1-3H3. The molecule has 0 spiro atoms. The van der Waals surface area contributed by atoms with Crippen LogP contribution in [0.25, 0.3) is 0 Å². The molecule has 18 heavy (non-hydrogen) atoms. The van der Waals surface area contributed by atoms with Gasteiger partial charge < -0.3 is 4.74 Å². The van der Waals surface area contributed by atoms with Crippen molar-refractivity contribution in [1.29, 1.82) is 0 Å². The molecular formula is C11H16N2O4S. The van der Waals surface area contributed by atoms with Crippen LogP contribution >= 0.6 is 0 Å². The lowest BCUT2D eigenvalue weighted by molar-refractivity contribution is -0.133. The Hall–Kier alpha value is -1.44. The van der Waals surface area contributed by atoms with Gasteiger partial charge in [-0.2, -0.15) is 17.4 Å². The summed E-state index contributed by atoms with van der Waals surface area (Å²) in [5, 5.41) is 0. The average Bonchev–Trinajstić information content (AvgIpc) is 2.26. The van der Waals surface area contributed by atoms with E-state index in [0.717, 1.165) is 9.87 Å². The zero-order chi connectivity index (χ0) is 13.8. The van der Waals surface area contributed by atoms with E-state index >= 15 is 0 Å². The van der Waals surface area contributed by atoms with Gasteiger partial charge in [0.25, 0.3) is 10.2 Å². The van der Waals surface area contributed by atoms with Crippen molar-refractivity contribution in [2.45, 2.75) is 6.92 Å². The zero-order valence-electron chi connectivity index (χ0n) is 10.5. The summed E-state index contributed by atoms with van der Waals surface area (Å²) in [5.74, 6) is -0.268. The number of carbonyl (C=O) groups is 1. The van der Waals surface area contributed by atoms with E-state index in [9.17, 15) is 13.2 Å². The molecular weight excluding hydrogens is 256 g/mol. The van der Waals surface area contributed by atoms with Crippen LogP contribution in [0.15, 0.2) is 24.3 Å². The topological polar surface area (TPSA) is 75.7 Å². The third-order valence-corrected chi connectivity index (χ3v) is 3.57. The third kappa shape index (κ3) is 4.44. The van der Waals surface area contributed by atoms with Gasteiger partial charge in [0, 0.05) is 14.1 Å². The molecule has 6 nitrogen and oxygen atoms in total. The predicted octanol–water partition coefficient (Wildman–Crippen LogP) is 0.296. The molecule has 0 atom stereocenters. The van der Waals surface area contributed by atoms with E-state index in [1.54, 1.807) is 18.2 Å². The van der Waals surface area contributed by atoms with Crippen molar-refractivity contribution >= 4 is 16.2 Å². The summed E-state index contributed by atoms with van der Waals surface area (Å²) in [7, 11) is -0.873. The Morgan fingerprint density at radius 1 is 1.39 bits per heavy atom. The molecule has 1 N–H and O–H groups in total. The number of rotatable bonds is 5. The van der Waals surface area contributed by atoms with Crippen molar-refractivity contribution in [2.75, 3.05) is 20.6 Å². The maximum Gasteiger partial charge on any atom is 0.326 e. The first-order valence-corrected chi connectivity index (χ1v) is 6.70. The fraction of sp³-hybridized carbons (Fsp3) is 0.364. The van der Waals surface area contributed by atoms with Crippen LogP contribution in [0.1, 0.15) is 5.56 Å². The molecule has 0 aliphatic heterocycles. The van der Waals surface area contributed by atoms with Crippen molar-refractivity contribution in [3.63, 3.8) is 0 Å². The van der Waals surface area contributed by atoms with Crippen LogP contribution in [0.2, 0.25) is 0 Å². The summed E-state index contributed by atoms with van der Waals surface area (Å²) in [6.07, 6.45) is 0. The lowest BCUT2D eigenvalue weighted by Crippen LogP contribution is -2.39. The van der Waals surface area contributed by atoms with Crippen molar-refractivity contribution in [3.8, 4) is 5.75 Å². The molecule has 0 heterocycles. The second-order valence-corrected chi connectivity index (χ2v) is 5.87. The van der Waals surface area contributed by atoms with Crippen LogP contribution in [0.3, 0.4) is 0 Å². The minimum atomic E-state index is -3.61. The van der Waals surface area contributed by atoms with Gasteiger partial charge in [-0.1, -0.05) is 12.1 Å². The first kappa shape index (κ1) is 14.6. The number of esters is 1. The summed E-state index contributed by atoms with van der Waals surface area (Å²) in [6, 6.07) is 6.94. The van der Waals surface area contributed by atoms with E-state index in [-0.39, 0.29) is 0 Å². The maximum atomic E-state index is 11.4. The van der Waals surface area contributed by atoms with Crippen LogP contribution in [-0.2, 0) is 15.0 Å². The van der Waals surface area contributed by atoms with Crippen LogP contribution < -0.4 is 9.46 Å². The van der Waals surface area contributed by atoms with Crippen LogP contribution in [0.5, 0.6) is 5.75 Å². The highest BCUT2D eigenvalue weighted by Gasteiger charge is 2.15.